The van der Waals surface area contributed by atoms with E-state index in [-0.39, 0.29) is 24.2 Å². The Bertz CT molecular complexity index is 681. The van der Waals surface area contributed by atoms with Crippen LogP contribution in [0.15, 0.2) is 18.2 Å². The number of hydrogen-bond acceptors (Lipinski definition) is 4. The number of benzene rings is 1. The van der Waals surface area contributed by atoms with Gasteiger partial charge in [0.15, 0.2) is 6.61 Å². The highest BCUT2D eigenvalue weighted by Crippen LogP contribution is 2.27. The summed E-state index contributed by atoms with van der Waals surface area (Å²) in [5, 5.41) is 5.90. The van der Waals surface area contributed by atoms with Crippen LogP contribution in [-0.2, 0) is 9.59 Å². The van der Waals surface area contributed by atoms with Crippen molar-refractivity contribution in [1.82, 2.24) is 21.5 Å². The molecule has 0 radical (unpaired) electrons. The highest BCUT2D eigenvalue weighted by molar-refractivity contribution is 6.35. The van der Waals surface area contributed by atoms with Gasteiger partial charge in [-0.25, -0.2) is 10.2 Å². The second kappa shape index (κ2) is 10.8. The number of hydrazine groups is 1. The van der Waals surface area contributed by atoms with Crippen molar-refractivity contribution in [3.63, 3.8) is 0 Å². The first-order valence-electron chi connectivity index (χ1n) is 8.64. The molecule has 0 heterocycles. The van der Waals surface area contributed by atoms with Crippen LogP contribution < -0.4 is 26.2 Å². The second-order valence-electron chi connectivity index (χ2n) is 6.12. The minimum atomic E-state index is -0.563. The number of amides is 4. The molecule has 0 spiro atoms. The van der Waals surface area contributed by atoms with Crippen LogP contribution in [0, 0.1) is 0 Å². The monoisotopic (exact) mass is 416 g/mol. The zero-order chi connectivity index (χ0) is 19.6. The highest BCUT2D eigenvalue weighted by Gasteiger charge is 2.16. The van der Waals surface area contributed by atoms with E-state index in [0.29, 0.717) is 10.8 Å². The molecule has 1 aromatic carbocycles. The van der Waals surface area contributed by atoms with Crippen LogP contribution in [0.4, 0.5) is 4.79 Å². The van der Waals surface area contributed by atoms with Gasteiger partial charge in [0.1, 0.15) is 5.75 Å². The Labute approximate surface area is 167 Å². The zero-order valence-electron chi connectivity index (χ0n) is 14.6. The van der Waals surface area contributed by atoms with Crippen molar-refractivity contribution in [2.24, 2.45) is 0 Å². The molecule has 1 fully saturated rings. The van der Waals surface area contributed by atoms with Gasteiger partial charge in [0.25, 0.3) is 11.8 Å². The van der Waals surface area contributed by atoms with Gasteiger partial charge in [0.2, 0.25) is 0 Å². The summed E-state index contributed by atoms with van der Waals surface area (Å²) in [6, 6.07) is 4.28. The fourth-order valence-corrected chi connectivity index (χ4v) is 3.07. The summed E-state index contributed by atoms with van der Waals surface area (Å²) in [4.78, 5) is 35.1. The van der Waals surface area contributed by atoms with E-state index in [1.165, 1.54) is 12.5 Å². The van der Waals surface area contributed by atoms with Gasteiger partial charge in [0.05, 0.1) is 11.6 Å². The molecule has 1 aromatic rings. The lowest BCUT2D eigenvalue weighted by Gasteiger charge is -2.22. The summed E-state index contributed by atoms with van der Waals surface area (Å²) in [5.41, 5.74) is 4.49. The summed E-state index contributed by atoms with van der Waals surface area (Å²) in [6.45, 7) is -0.621. The fourth-order valence-electron chi connectivity index (χ4n) is 2.60. The van der Waals surface area contributed by atoms with Gasteiger partial charge in [-0.1, -0.05) is 42.5 Å². The molecule has 0 aliphatic heterocycles. The Hall–Kier alpha value is -2.19. The Morgan fingerprint density at radius 2 is 1.78 bits per heavy atom. The van der Waals surface area contributed by atoms with Crippen molar-refractivity contribution in [2.45, 2.75) is 38.1 Å². The maximum absolute atomic E-state index is 11.7. The topological polar surface area (TPSA) is 109 Å². The van der Waals surface area contributed by atoms with Crippen LogP contribution in [0.25, 0.3) is 0 Å². The van der Waals surface area contributed by atoms with Crippen molar-refractivity contribution in [2.75, 3.05) is 13.2 Å². The molecule has 148 valence electrons. The van der Waals surface area contributed by atoms with Gasteiger partial charge >= 0.3 is 6.03 Å². The zero-order valence-corrected chi connectivity index (χ0v) is 16.2. The van der Waals surface area contributed by atoms with Gasteiger partial charge in [0, 0.05) is 11.1 Å². The summed E-state index contributed by atoms with van der Waals surface area (Å²) >= 11 is 11.7. The molecule has 2 rings (SSSR count). The Balaban J connectivity index is 1.60. The molecule has 0 atom stereocenters. The molecule has 27 heavy (non-hydrogen) atoms. The molecule has 4 amide bonds. The fraction of sp³-hybridized carbons (Fsp3) is 0.471. The van der Waals surface area contributed by atoms with Crippen LogP contribution in [-0.4, -0.2) is 37.0 Å². The van der Waals surface area contributed by atoms with E-state index in [2.05, 4.69) is 21.5 Å². The summed E-state index contributed by atoms with van der Waals surface area (Å²) < 4.78 is 5.25. The van der Waals surface area contributed by atoms with E-state index in [9.17, 15) is 14.4 Å². The first-order valence-corrected chi connectivity index (χ1v) is 9.39. The maximum Gasteiger partial charge on any atom is 0.333 e. The first-order chi connectivity index (χ1) is 12.9. The normalized spacial score (nSPS) is 14.1. The number of halogens is 2. The van der Waals surface area contributed by atoms with Crippen LogP contribution in [0.1, 0.15) is 32.1 Å². The number of rotatable bonds is 6. The van der Waals surface area contributed by atoms with Crippen LogP contribution in [0.3, 0.4) is 0 Å². The lowest BCUT2D eigenvalue weighted by Crippen LogP contribution is -2.52. The molecular weight excluding hydrogens is 395 g/mol. The third-order valence-corrected chi connectivity index (χ3v) is 4.49. The average Bonchev–Trinajstić information content (AvgIpc) is 2.65. The molecule has 1 aliphatic carbocycles. The van der Waals surface area contributed by atoms with Gasteiger partial charge < -0.3 is 15.4 Å². The lowest BCUT2D eigenvalue weighted by molar-refractivity contribution is -0.127. The number of hydrogen-bond donors (Lipinski definition) is 4. The predicted octanol–water partition coefficient (Wildman–Crippen LogP) is 2.15. The SMILES string of the molecule is O=C(COc1ccc(Cl)cc1Cl)NCC(=O)NNC(=O)NC1CCCCC1. The Kier molecular flexibility index (Phi) is 8.47. The van der Waals surface area contributed by atoms with Crippen molar-refractivity contribution >= 4 is 41.0 Å². The molecule has 0 bridgehead atoms. The molecule has 1 saturated carbocycles. The molecule has 10 heteroatoms. The van der Waals surface area contributed by atoms with Crippen molar-refractivity contribution < 1.29 is 19.1 Å². The van der Waals surface area contributed by atoms with E-state index in [1.54, 1.807) is 12.1 Å². The first kappa shape index (κ1) is 21.1. The quantitative estimate of drug-likeness (QED) is 0.532. The van der Waals surface area contributed by atoms with E-state index in [0.717, 1.165) is 25.7 Å². The van der Waals surface area contributed by atoms with Crippen molar-refractivity contribution in [3.8, 4) is 5.75 Å². The van der Waals surface area contributed by atoms with E-state index >= 15 is 0 Å². The highest BCUT2D eigenvalue weighted by atomic mass is 35.5. The average molecular weight is 417 g/mol. The summed E-state index contributed by atoms with van der Waals surface area (Å²) in [5.74, 6) is -0.767. The van der Waals surface area contributed by atoms with Gasteiger partial charge in [-0.15, -0.1) is 0 Å². The van der Waals surface area contributed by atoms with E-state index in [1.807, 2.05) is 0 Å². The predicted molar refractivity (Wildman–Crippen MR) is 102 cm³/mol. The van der Waals surface area contributed by atoms with Crippen LogP contribution in [0.5, 0.6) is 5.75 Å². The van der Waals surface area contributed by atoms with E-state index in [4.69, 9.17) is 27.9 Å². The maximum atomic E-state index is 11.7. The molecular formula is C17H22Cl2N4O4. The van der Waals surface area contributed by atoms with Crippen molar-refractivity contribution in [3.05, 3.63) is 28.2 Å². The van der Waals surface area contributed by atoms with Crippen LogP contribution in [0.2, 0.25) is 10.0 Å². The van der Waals surface area contributed by atoms with Crippen LogP contribution >= 0.6 is 23.2 Å². The minimum Gasteiger partial charge on any atom is -0.482 e. The minimum absolute atomic E-state index is 0.132. The Morgan fingerprint density at radius 3 is 2.48 bits per heavy atom. The molecule has 1 aliphatic rings. The number of urea groups is 1. The summed E-state index contributed by atoms with van der Waals surface area (Å²) in [6.07, 6.45) is 5.24. The third kappa shape index (κ3) is 7.92. The molecule has 0 saturated heterocycles. The van der Waals surface area contributed by atoms with Gasteiger partial charge in [-0.3, -0.25) is 15.0 Å². The number of carbonyl (C=O) groups is 3. The lowest BCUT2D eigenvalue weighted by atomic mass is 9.96. The summed E-state index contributed by atoms with van der Waals surface area (Å²) in [7, 11) is 0. The second-order valence-corrected chi connectivity index (χ2v) is 6.97. The number of carbonyl (C=O) groups excluding carboxylic acids is 3. The molecule has 0 aromatic heterocycles. The molecule has 0 unspecified atom stereocenters. The largest absolute Gasteiger partial charge is 0.482 e. The van der Waals surface area contributed by atoms with Crippen molar-refractivity contribution in [1.29, 1.82) is 0 Å². The molecule has 8 nitrogen and oxygen atoms in total. The Morgan fingerprint density at radius 1 is 1.04 bits per heavy atom. The van der Waals surface area contributed by atoms with Gasteiger partial charge in [-0.05, 0) is 31.0 Å². The molecule has 4 N–H and O–H groups in total. The van der Waals surface area contributed by atoms with E-state index < -0.39 is 17.8 Å². The standard InChI is InChI=1S/C17H22Cl2N4O4/c18-11-6-7-14(13(19)8-11)27-10-16(25)20-9-15(24)22-23-17(26)21-12-4-2-1-3-5-12/h6-8,12H,1-5,9-10H2,(H,20,25)(H,22,24)(H2,21,23,26). The van der Waals surface area contributed by atoms with Gasteiger partial charge in [-0.2, -0.15) is 0 Å². The number of ether oxygens (including phenoxy) is 1. The number of nitrogens with one attached hydrogen (secondary N) is 4. The smallest absolute Gasteiger partial charge is 0.333 e. The third-order valence-electron chi connectivity index (χ3n) is 3.95.